The Balaban J connectivity index is 0.00000529. The van der Waals surface area contributed by atoms with Crippen LogP contribution in [-0.4, -0.2) is 48.8 Å². The maximum atomic E-state index is 11.9. The van der Waals surface area contributed by atoms with Crippen LogP contribution in [0.3, 0.4) is 0 Å². The molecule has 0 bridgehead atoms. The lowest BCUT2D eigenvalue weighted by Crippen LogP contribution is -2.48. The van der Waals surface area contributed by atoms with Crippen molar-refractivity contribution in [2.45, 2.75) is 19.9 Å². The first kappa shape index (κ1) is 21.9. The van der Waals surface area contributed by atoms with E-state index in [-0.39, 0.29) is 49.1 Å². The van der Waals surface area contributed by atoms with Crippen molar-refractivity contribution < 1.29 is 14.4 Å². The van der Waals surface area contributed by atoms with Crippen LogP contribution in [0.2, 0.25) is 0 Å². The Morgan fingerprint density at radius 1 is 1.17 bits per heavy atom. The predicted octanol–water partition coefficient (Wildman–Crippen LogP) is 0.605. The van der Waals surface area contributed by atoms with Gasteiger partial charge in [0.2, 0.25) is 17.7 Å². The van der Waals surface area contributed by atoms with Gasteiger partial charge in [0.05, 0.1) is 19.1 Å². The Kier molecular flexibility index (Phi) is 9.68. The Hall–Kier alpha value is -2.12. The molecule has 0 aliphatic carbocycles. The summed E-state index contributed by atoms with van der Waals surface area (Å²) >= 11 is 0. The average Bonchev–Trinajstić information content (AvgIpc) is 2.51. The first-order valence-electron chi connectivity index (χ1n) is 7.43. The molecule has 0 aromatic heterocycles. The van der Waals surface area contributed by atoms with Crippen molar-refractivity contribution in [2.24, 2.45) is 11.7 Å². The van der Waals surface area contributed by atoms with Crippen molar-refractivity contribution in [3.63, 3.8) is 0 Å². The highest BCUT2D eigenvalue weighted by atomic mass is 35.5. The number of halogens is 1. The number of benzene rings is 1. The maximum absolute atomic E-state index is 11.9. The largest absolute Gasteiger partial charge is 0.346 e. The number of hydrogen-bond acceptors (Lipinski definition) is 4. The standard InChI is InChI=1S/C16H24N4O3.ClH/c1-11(2)15(17)16(23)18-9-14(22)20(3)10-13(21)19-12-7-5-4-6-8-12;/h4-8,11,15H,9-10,17H2,1-3H3,(H,18,23)(H,19,21);1H/t15-;/m0./s1. The second-order valence-electron chi connectivity index (χ2n) is 5.65. The van der Waals surface area contributed by atoms with Crippen molar-refractivity contribution in [3.8, 4) is 0 Å². The molecule has 8 heteroatoms. The van der Waals surface area contributed by atoms with Gasteiger partial charge in [0, 0.05) is 12.7 Å². The molecular weight excluding hydrogens is 332 g/mol. The Labute approximate surface area is 148 Å². The van der Waals surface area contributed by atoms with E-state index in [1.54, 1.807) is 24.3 Å². The molecule has 0 spiro atoms. The molecule has 0 heterocycles. The maximum Gasteiger partial charge on any atom is 0.243 e. The summed E-state index contributed by atoms with van der Waals surface area (Å²) in [5.74, 6) is -1.07. The monoisotopic (exact) mass is 356 g/mol. The number of carbonyl (C=O) groups excluding carboxylic acids is 3. The Morgan fingerprint density at radius 3 is 2.29 bits per heavy atom. The van der Waals surface area contributed by atoms with Gasteiger partial charge in [-0.2, -0.15) is 0 Å². The van der Waals surface area contributed by atoms with Crippen molar-refractivity contribution in [1.29, 1.82) is 0 Å². The fourth-order valence-electron chi connectivity index (χ4n) is 1.74. The van der Waals surface area contributed by atoms with Crippen LogP contribution in [0.4, 0.5) is 5.69 Å². The first-order chi connectivity index (χ1) is 10.8. The smallest absolute Gasteiger partial charge is 0.243 e. The summed E-state index contributed by atoms with van der Waals surface area (Å²) in [6.45, 7) is 3.37. The molecule has 1 aromatic carbocycles. The molecule has 1 rings (SSSR count). The van der Waals surface area contributed by atoms with E-state index >= 15 is 0 Å². The van der Waals surface area contributed by atoms with Gasteiger partial charge in [-0.25, -0.2) is 0 Å². The van der Waals surface area contributed by atoms with Gasteiger partial charge >= 0.3 is 0 Å². The molecule has 0 radical (unpaired) electrons. The third kappa shape index (κ3) is 7.43. The van der Waals surface area contributed by atoms with Gasteiger partial charge in [0.1, 0.15) is 0 Å². The van der Waals surface area contributed by atoms with Gasteiger partial charge in [0.15, 0.2) is 0 Å². The van der Waals surface area contributed by atoms with Crippen LogP contribution in [0.1, 0.15) is 13.8 Å². The van der Waals surface area contributed by atoms with E-state index in [0.29, 0.717) is 5.69 Å². The number of rotatable bonds is 7. The molecule has 0 fully saturated rings. The van der Waals surface area contributed by atoms with Gasteiger partial charge in [0.25, 0.3) is 0 Å². The van der Waals surface area contributed by atoms with E-state index in [1.807, 2.05) is 19.9 Å². The third-order valence-electron chi connectivity index (χ3n) is 3.30. The lowest BCUT2D eigenvalue weighted by molar-refractivity contribution is -0.134. The van der Waals surface area contributed by atoms with Crippen LogP contribution in [0.25, 0.3) is 0 Å². The topological polar surface area (TPSA) is 105 Å². The predicted molar refractivity (Wildman–Crippen MR) is 95.8 cm³/mol. The van der Waals surface area contributed by atoms with Gasteiger partial charge in [-0.1, -0.05) is 32.0 Å². The van der Waals surface area contributed by atoms with Crippen molar-refractivity contribution >= 4 is 35.8 Å². The number of anilines is 1. The second kappa shape index (κ2) is 10.6. The molecule has 134 valence electrons. The minimum atomic E-state index is -0.658. The summed E-state index contributed by atoms with van der Waals surface area (Å²) in [5.41, 5.74) is 6.35. The van der Waals surface area contributed by atoms with E-state index in [2.05, 4.69) is 10.6 Å². The van der Waals surface area contributed by atoms with Gasteiger partial charge in [-0.3, -0.25) is 14.4 Å². The lowest BCUT2D eigenvalue weighted by atomic mass is 10.1. The summed E-state index contributed by atoms with van der Waals surface area (Å²) < 4.78 is 0. The molecule has 24 heavy (non-hydrogen) atoms. The van der Waals surface area contributed by atoms with E-state index in [4.69, 9.17) is 5.73 Å². The average molecular weight is 357 g/mol. The summed E-state index contributed by atoms with van der Waals surface area (Å²) in [6.07, 6.45) is 0. The SMILES string of the molecule is CC(C)[C@H](N)C(=O)NCC(=O)N(C)CC(=O)Nc1ccccc1.Cl. The van der Waals surface area contributed by atoms with Gasteiger partial charge < -0.3 is 21.3 Å². The van der Waals surface area contributed by atoms with E-state index in [9.17, 15) is 14.4 Å². The number of para-hydroxylation sites is 1. The van der Waals surface area contributed by atoms with Crippen LogP contribution in [0.15, 0.2) is 30.3 Å². The molecule has 0 saturated carbocycles. The van der Waals surface area contributed by atoms with Crippen molar-refractivity contribution in [3.05, 3.63) is 30.3 Å². The normalized spacial score (nSPS) is 11.2. The number of nitrogens with two attached hydrogens (primary N) is 1. The number of hydrogen-bond donors (Lipinski definition) is 3. The zero-order chi connectivity index (χ0) is 17.4. The molecule has 7 nitrogen and oxygen atoms in total. The highest BCUT2D eigenvalue weighted by Crippen LogP contribution is 2.04. The zero-order valence-electron chi connectivity index (χ0n) is 14.1. The zero-order valence-corrected chi connectivity index (χ0v) is 14.9. The highest BCUT2D eigenvalue weighted by molar-refractivity contribution is 5.95. The third-order valence-corrected chi connectivity index (χ3v) is 3.30. The molecule has 0 saturated heterocycles. The summed E-state index contributed by atoms with van der Waals surface area (Å²) in [6, 6.07) is 8.31. The van der Waals surface area contributed by atoms with Crippen LogP contribution in [0, 0.1) is 5.92 Å². The lowest BCUT2D eigenvalue weighted by Gasteiger charge is -2.19. The number of nitrogens with one attached hydrogen (secondary N) is 2. The highest BCUT2D eigenvalue weighted by Gasteiger charge is 2.19. The molecule has 0 unspecified atom stereocenters. The van der Waals surface area contributed by atoms with E-state index in [1.165, 1.54) is 11.9 Å². The first-order valence-corrected chi connectivity index (χ1v) is 7.43. The summed E-state index contributed by atoms with van der Waals surface area (Å²) in [5, 5.41) is 5.17. The number of likely N-dealkylation sites (N-methyl/N-ethyl adjacent to an activating group) is 1. The fourth-order valence-corrected chi connectivity index (χ4v) is 1.74. The molecule has 0 aliphatic heterocycles. The molecule has 3 amide bonds. The molecule has 1 aromatic rings. The minimum absolute atomic E-state index is 0. The number of amides is 3. The van der Waals surface area contributed by atoms with Gasteiger partial charge in [-0.15, -0.1) is 12.4 Å². The number of carbonyl (C=O) groups is 3. The quantitative estimate of drug-likeness (QED) is 0.665. The summed E-state index contributed by atoms with van der Waals surface area (Å²) in [4.78, 5) is 36.7. The fraction of sp³-hybridized carbons (Fsp3) is 0.438. The molecule has 4 N–H and O–H groups in total. The molecule has 1 atom stereocenters. The van der Waals surface area contributed by atoms with Crippen molar-refractivity contribution in [1.82, 2.24) is 10.2 Å². The van der Waals surface area contributed by atoms with Crippen LogP contribution < -0.4 is 16.4 Å². The van der Waals surface area contributed by atoms with Crippen LogP contribution in [-0.2, 0) is 14.4 Å². The Bertz CT molecular complexity index is 552. The second-order valence-corrected chi connectivity index (χ2v) is 5.65. The Morgan fingerprint density at radius 2 is 1.75 bits per heavy atom. The van der Waals surface area contributed by atoms with Crippen LogP contribution >= 0.6 is 12.4 Å². The van der Waals surface area contributed by atoms with E-state index in [0.717, 1.165) is 0 Å². The number of nitrogens with zero attached hydrogens (tertiary/aromatic N) is 1. The molecule has 0 aliphatic rings. The van der Waals surface area contributed by atoms with Crippen molar-refractivity contribution in [2.75, 3.05) is 25.5 Å². The summed E-state index contributed by atoms with van der Waals surface area (Å²) in [7, 11) is 1.50. The van der Waals surface area contributed by atoms with Gasteiger partial charge in [-0.05, 0) is 18.1 Å². The molecular formula is C16H25ClN4O3. The van der Waals surface area contributed by atoms with E-state index < -0.39 is 6.04 Å². The van der Waals surface area contributed by atoms with Crippen LogP contribution in [0.5, 0.6) is 0 Å². The minimum Gasteiger partial charge on any atom is -0.346 e.